The van der Waals surface area contributed by atoms with Gasteiger partial charge in [-0.15, -0.1) is 0 Å². The van der Waals surface area contributed by atoms with E-state index in [4.69, 9.17) is 18.9 Å². The second-order valence-electron chi connectivity index (χ2n) is 10.1. The molecule has 1 aromatic heterocycles. The van der Waals surface area contributed by atoms with Crippen LogP contribution in [0.4, 0.5) is 10.5 Å². The van der Waals surface area contributed by atoms with Crippen molar-refractivity contribution >= 4 is 17.6 Å². The van der Waals surface area contributed by atoms with E-state index in [-0.39, 0.29) is 11.9 Å². The van der Waals surface area contributed by atoms with Crippen molar-refractivity contribution in [3.8, 4) is 39.9 Å². The number of anilines is 1. The number of amides is 3. The van der Waals surface area contributed by atoms with Gasteiger partial charge in [0.25, 0.3) is 5.91 Å². The van der Waals surface area contributed by atoms with Gasteiger partial charge in [-0.1, -0.05) is 6.07 Å². The fourth-order valence-corrected chi connectivity index (χ4v) is 5.26. The van der Waals surface area contributed by atoms with Gasteiger partial charge in [0.1, 0.15) is 23.0 Å². The smallest absolute Gasteiger partial charge is 0.322 e. The van der Waals surface area contributed by atoms with Crippen LogP contribution < -0.4 is 24.3 Å². The lowest BCUT2D eigenvalue weighted by molar-refractivity contribution is 0.0671. The van der Waals surface area contributed by atoms with E-state index in [0.717, 1.165) is 34.1 Å². The van der Waals surface area contributed by atoms with Crippen molar-refractivity contribution in [1.29, 1.82) is 0 Å². The lowest BCUT2D eigenvalue weighted by atomic mass is 10.1. The number of aromatic nitrogens is 1. The molecule has 5 rings (SSSR count). The summed E-state index contributed by atoms with van der Waals surface area (Å²) in [5.41, 5.74) is 4.68. The number of methoxy groups -OCH3 is 4. The molecule has 0 radical (unpaired) electrons. The summed E-state index contributed by atoms with van der Waals surface area (Å²) in [6, 6.07) is 22.4. The minimum atomic E-state index is -0.252. The predicted octanol–water partition coefficient (Wildman–Crippen LogP) is 5.48. The van der Waals surface area contributed by atoms with Crippen LogP contribution in [0.2, 0.25) is 0 Å². The van der Waals surface area contributed by atoms with E-state index >= 15 is 0 Å². The zero-order chi connectivity index (χ0) is 30.5. The molecular weight excluding hydrogens is 548 g/mol. The van der Waals surface area contributed by atoms with E-state index < -0.39 is 0 Å². The molecule has 0 unspecified atom stereocenters. The quantitative estimate of drug-likeness (QED) is 0.295. The lowest BCUT2D eigenvalue weighted by Crippen LogP contribution is -2.51. The van der Waals surface area contributed by atoms with Crippen LogP contribution in [0.5, 0.6) is 23.0 Å². The molecule has 10 heteroatoms. The number of piperazine rings is 1. The van der Waals surface area contributed by atoms with Gasteiger partial charge in [0.05, 0.1) is 45.4 Å². The van der Waals surface area contributed by atoms with Crippen molar-refractivity contribution in [2.24, 2.45) is 0 Å². The van der Waals surface area contributed by atoms with Crippen LogP contribution in [0.15, 0.2) is 72.8 Å². The molecule has 3 aromatic carbocycles. The number of hydrogen-bond donors (Lipinski definition) is 1. The Morgan fingerprint density at radius 2 is 1.33 bits per heavy atom. The largest absolute Gasteiger partial charge is 0.497 e. The summed E-state index contributed by atoms with van der Waals surface area (Å²) >= 11 is 0. The first-order chi connectivity index (χ1) is 20.9. The van der Waals surface area contributed by atoms with E-state index in [2.05, 4.69) is 9.88 Å². The first kappa shape index (κ1) is 29.4. The molecule has 43 heavy (non-hydrogen) atoms. The molecule has 0 atom stereocenters. The minimum absolute atomic E-state index is 0.0780. The number of carbonyl (C=O) groups excluding carboxylic acids is 2. The van der Waals surface area contributed by atoms with Gasteiger partial charge in [-0.2, -0.15) is 0 Å². The van der Waals surface area contributed by atoms with Crippen molar-refractivity contribution in [3.63, 3.8) is 0 Å². The van der Waals surface area contributed by atoms with Gasteiger partial charge in [0.2, 0.25) is 0 Å². The highest BCUT2D eigenvalue weighted by molar-refractivity contribution is 5.98. The zero-order valence-corrected chi connectivity index (χ0v) is 25.0. The average molecular weight is 585 g/mol. The first-order valence-electron chi connectivity index (χ1n) is 13.9. The second kappa shape index (κ2) is 12.8. The number of benzene rings is 3. The van der Waals surface area contributed by atoms with E-state index in [0.29, 0.717) is 48.9 Å². The van der Waals surface area contributed by atoms with Crippen molar-refractivity contribution in [3.05, 3.63) is 84.1 Å². The predicted molar refractivity (Wildman–Crippen MR) is 165 cm³/mol. The van der Waals surface area contributed by atoms with Gasteiger partial charge < -0.3 is 38.6 Å². The molecule has 0 bridgehead atoms. The summed E-state index contributed by atoms with van der Waals surface area (Å²) in [5, 5.41) is 2.91. The fourth-order valence-electron chi connectivity index (χ4n) is 5.26. The highest BCUT2D eigenvalue weighted by Crippen LogP contribution is 2.33. The number of rotatable bonds is 8. The Bertz CT molecular complexity index is 1610. The van der Waals surface area contributed by atoms with Crippen molar-refractivity contribution in [2.45, 2.75) is 6.92 Å². The van der Waals surface area contributed by atoms with E-state index in [1.54, 1.807) is 56.4 Å². The Morgan fingerprint density at radius 3 is 1.98 bits per heavy atom. The van der Waals surface area contributed by atoms with Crippen molar-refractivity contribution in [2.75, 3.05) is 59.9 Å². The average Bonchev–Trinajstić information content (AvgIpc) is 3.41. The van der Waals surface area contributed by atoms with Crippen LogP contribution in [0, 0.1) is 6.92 Å². The fraction of sp³-hybridized carbons (Fsp3) is 0.273. The maximum atomic E-state index is 13.9. The van der Waals surface area contributed by atoms with Crippen LogP contribution in [0.3, 0.4) is 0 Å². The Hall–Kier alpha value is -5.12. The molecular formula is C33H36N4O6. The Kier molecular flexibility index (Phi) is 8.75. The summed E-state index contributed by atoms with van der Waals surface area (Å²) < 4.78 is 23.5. The molecule has 0 saturated carbocycles. The highest BCUT2D eigenvalue weighted by atomic mass is 16.5. The summed E-state index contributed by atoms with van der Waals surface area (Å²) in [6.45, 7) is 3.57. The van der Waals surface area contributed by atoms with Gasteiger partial charge in [-0.3, -0.25) is 4.79 Å². The Morgan fingerprint density at radius 1 is 0.698 bits per heavy atom. The molecule has 0 spiro atoms. The molecule has 10 nitrogen and oxygen atoms in total. The molecule has 1 aliphatic heterocycles. The molecule has 3 amide bonds. The number of nitrogens with one attached hydrogen (secondary N) is 1. The number of urea groups is 1. The Balaban J connectivity index is 1.36. The van der Waals surface area contributed by atoms with Crippen LogP contribution in [0.1, 0.15) is 16.1 Å². The highest BCUT2D eigenvalue weighted by Gasteiger charge is 2.28. The first-order valence-corrected chi connectivity index (χ1v) is 13.9. The van der Waals surface area contributed by atoms with Gasteiger partial charge in [-0.05, 0) is 67.1 Å². The normalized spacial score (nSPS) is 13.0. The van der Waals surface area contributed by atoms with Crippen LogP contribution in [-0.4, -0.2) is 80.9 Å². The van der Waals surface area contributed by atoms with Gasteiger partial charge >= 0.3 is 6.03 Å². The van der Waals surface area contributed by atoms with Crippen molar-refractivity contribution in [1.82, 2.24) is 14.4 Å². The van der Waals surface area contributed by atoms with E-state index in [1.165, 1.54) is 0 Å². The van der Waals surface area contributed by atoms with E-state index in [9.17, 15) is 9.59 Å². The standard InChI is InChI=1S/C33H36N4O6/c1-22-28(21-30(23-9-11-25(40-2)12-10-23)37(22)24-7-6-8-26(19-24)41-3)32(38)35-15-17-36(18-16-35)33(39)34-29-14-13-27(42-4)20-31(29)43-5/h6-14,19-21H,15-18H2,1-5H3,(H,34,39). The lowest BCUT2D eigenvalue weighted by Gasteiger charge is -2.34. The topological polar surface area (TPSA) is 94.5 Å². The molecule has 0 aliphatic carbocycles. The van der Waals surface area contributed by atoms with Crippen LogP contribution in [0.25, 0.3) is 16.9 Å². The SMILES string of the molecule is COc1ccc(-c2cc(C(=O)N3CCN(C(=O)Nc4ccc(OC)cc4OC)CC3)c(C)n2-c2cccc(OC)c2)cc1. The van der Waals surface area contributed by atoms with Crippen LogP contribution >= 0.6 is 0 Å². The minimum Gasteiger partial charge on any atom is -0.497 e. The third-order valence-electron chi connectivity index (χ3n) is 7.68. The van der Waals surface area contributed by atoms with Gasteiger partial charge in [-0.25, -0.2) is 4.79 Å². The molecule has 2 heterocycles. The number of ether oxygens (including phenoxy) is 4. The number of hydrogen-bond acceptors (Lipinski definition) is 6. The van der Waals surface area contributed by atoms with Crippen molar-refractivity contribution < 1.29 is 28.5 Å². The second-order valence-corrected chi connectivity index (χ2v) is 10.1. The van der Waals surface area contributed by atoms with E-state index in [1.807, 2.05) is 61.5 Å². The van der Waals surface area contributed by atoms with Crippen LogP contribution in [-0.2, 0) is 0 Å². The molecule has 4 aromatic rings. The molecule has 224 valence electrons. The molecule has 1 saturated heterocycles. The number of nitrogens with zero attached hydrogens (tertiary/aromatic N) is 3. The number of carbonyl (C=O) groups is 2. The third-order valence-corrected chi connectivity index (χ3v) is 7.68. The summed E-state index contributed by atoms with van der Waals surface area (Å²) in [6.07, 6.45) is 0. The van der Waals surface area contributed by atoms with Gasteiger partial charge in [0.15, 0.2) is 0 Å². The molecule has 1 N–H and O–H groups in total. The maximum absolute atomic E-state index is 13.9. The molecule has 1 aliphatic rings. The van der Waals surface area contributed by atoms with Gasteiger partial charge in [0, 0.05) is 49.7 Å². The molecule has 1 fully saturated rings. The Labute approximate surface area is 251 Å². The maximum Gasteiger partial charge on any atom is 0.322 e. The summed E-state index contributed by atoms with van der Waals surface area (Å²) in [4.78, 5) is 30.5. The summed E-state index contributed by atoms with van der Waals surface area (Å²) in [7, 11) is 6.38. The summed E-state index contributed by atoms with van der Waals surface area (Å²) in [5.74, 6) is 2.54. The third kappa shape index (κ3) is 6.08. The monoisotopic (exact) mass is 584 g/mol. The zero-order valence-electron chi connectivity index (χ0n) is 25.0.